The molecule has 0 amide bonds. The second-order valence-electron chi connectivity index (χ2n) is 5.19. The number of ketones is 1. The average Bonchev–Trinajstić information content (AvgIpc) is 2.51. The number of carbonyl (C=O) groups excluding carboxylic acids is 1. The highest BCUT2D eigenvalue weighted by Crippen LogP contribution is 2.41. The van der Waals surface area contributed by atoms with Crippen LogP contribution in [0.3, 0.4) is 0 Å². The van der Waals surface area contributed by atoms with Gasteiger partial charge in [-0.2, -0.15) is 8.42 Å². The largest absolute Gasteiger partial charge is 0.295 e. The van der Waals surface area contributed by atoms with Crippen LogP contribution in [0.1, 0.15) is 15.9 Å². The van der Waals surface area contributed by atoms with Crippen molar-refractivity contribution in [2.75, 3.05) is 0 Å². The van der Waals surface area contributed by atoms with Gasteiger partial charge in [-0.1, -0.05) is 48.5 Å². The molecule has 0 aliphatic heterocycles. The Hall–Kier alpha value is -2.50. The van der Waals surface area contributed by atoms with Crippen LogP contribution in [0.5, 0.6) is 0 Å². The van der Waals surface area contributed by atoms with Crippen LogP contribution in [0.15, 0.2) is 59.5 Å². The van der Waals surface area contributed by atoms with E-state index in [1.807, 2.05) is 24.3 Å². The van der Waals surface area contributed by atoms with Crippen LogP contribution < -0.4 is 0 Å². The summed E-state index contributed by atoms with van der Waals surface area (Å²) < 4.78 is 32.6. The Morgan fingerprint density at radius 3 is 2.05 bits per heavy atom. The fourth-order valence-electron chi connectivity index (χ4n) is 3.09. The van der Waals surface area contributed by atoms with E-state index in [0.29, 0.717) is 11.1 Å². The highest BCUT2D eigenvalue weighted by molar-refractivity contribution is 7.86. The summed E-state index contributed by atoms with van der Waals surface area (Å²) in [6.45, 7) is 0. The fourth-order valence-corrected chi connectivity index (χ4v) is 3.81. The van der Waals surface area contributed by atoms with E-state index in [4.69, 9.17) is 0 Å². The van der Waals surface area contributed by atoms with E-state index in [0.717, 1.165) is 16.3 Å². The summed E-state index contributed by atoms with van der Waals surface area (Å²) in [6, 6.07) is 15.5. The van der Waals surface area contributed by atoms with Crippen molar-refractivity contribution < 1.29 is 17.8 Å². The lowest BCUT2D eigenvalue weighted by Gasteiger charge is -2.21. The van der Waals surface area contributed by atoms with E-state index < -0.39 is 10.1 Å². The van der Waals surface area contributed by atoms with Gasteiger partial charge in [-0.05, 0) is 22.6 Å². The molecule has 0 saturated carbocycles. The molecule has 3 aromatic carbocycles. The summed E-state index contributed by atoms with van der Waals surface area (Å²) in [7, 11) is -4.47. The van der Waals surface area contributed by atoms with E-state index in [1.165, 1.54) is 12.1 Å². The molecule has 0 unspecified atom stereocenters. The first-order chi connectivity index (χ1) is 10.5. The summed E-state index contributed by atoms with van der Waals surface area (Å²) >= 11 is 0. The smallest absolute Gasteiger partial charge is 0.289 e. The third-order valence-electron chi connectivity index (χ3n) is 3.97. The molecule has 0 saturated heterocycles. The lowest BCUT2D eigenvalue weighted by molar-refractivity contribution is 0.103. The summed E-state index contributed by atoms with van der Waals surface area (Å²) in [5, 5.41) is 1.74. The molecule has 0 bridgehead atoms. The zero-order chi connectivity index (χ0) is 15.5. The highest BCUT2D eigenvalue weighted by Gasteiger charge is 2.30. The predicted octanol–water partition coefficient (Wildman–Crippen LogP) is 3.30. The van der Waals surface area contributed by atoms with E-state index in [1.54, 1.807) is 18.2 Å². The zero-order valence-electron chi connectivity index (χ0n) is 11.3. The number of hydrogen-bond acceptors (Lipinski definition) is 3. The molecule has 22 heavy (non-hydrogen) atoms. The normalized spacial score (nSPS) is 13.2. The summed E-state index contributed by atoms with van der Waals surface area (Å²) in [4.78, 5) is 12.4. The van der Waals surface area contributed by atoms with Gasteiger partial charge in [0, 0.05) is 10.9 Å². The van der Waals surface area contributed by atoms with Crippen molar-refractivity contribution in [3.8, 4) is 11.1 Å². The first-order valence-corrected chi connectivity index (χ1v) is 8.10. The van der Waals surface area contributed by atoms with Crippen LogP contribution in [-0.2, 0) is 10.1 Å². The second-order valence-corrected chi connectivity index (χ2v) is 6.58. The molecule has 5 heteroatoms. The Morgan fingerprint density at radius 2 is 1.36 bits per heavy atom. The molecular formula is C17H10O4S. The Balaban J connectivity index is 2.24. The molecule has 1 N–H and O–H groups in total. The van der Waals surface area contributed by atoms with E-state index in [9.17, 15) is 17.8 Å². The van der Waals surface area contributed by atoms with Crippen LogP contribution in [0.25, 0.3) is 21.9 Å². The molecule has 3 aromatic rings. The minimum atomic E-state index is -4.47. The number of carbonyl (C=O) groups is 1. The minimum Gasteiger partial charge on any atom is -0.289 e. The monoisotopic (exact) mass is 310 g/mol. The Kier molecular flexibility index (Phi) is 2.55. The minimum absolute atomic E-state index is 0.0381. The van der Waals surface area contributed by atoms with Gasteiger partial charge in [0.05, 0.1) is 5.56 Å². The molecular weight excluding hydrogens is 300 g/mol. The molecule has 4 nitrogen and oxygen atoms in total. The lowest BCUT2D eigenvalue weighted by atomic mass is 9.83. The van der Waals surface area contributed by atoms with Crippen molar-refractivity contribution in [2.45, 2.75) is 4.90 Å². The predicted molar refractivity (Wildman–Crippen MR) is 82.6 cm³/mol. The molecule has 1 aliphatic rings. The maximum absolute atomic E-state index is 12.8. The Morgan fingerprint density at radius 1 is 0.773 bits per heavy atom. The topological polar surface area (TPSA) is 71.4 Å². The van der Waals surface area contributed by atoms with Gasteiger partial charge >= 0.3 is 0 Å². The van der Waals surface area contributed by atoms with Crippen LogP contribution in [0.4, 0.5) is 0 Å². The number of fused-ring (bicyclic) bond motifs is 2. The van der Waals surface area contributed by atoms with Crippen molar-refractivity contribution in [1.29, 1.82) is 0 Å². The van der Waals surface area contributed by atoms with E-state index in [-0.39, 0.29) is 16.2 Å². The van der Waals surface area contributed by atoms with Crippen molar-refractivity contribution in [1.82, 2.24) is 0 Å². The lowest BCUT2D eigenvalue weighted by Crippen LogP contribution is -2.15. The molecule has 0 fully saturated rings. The SMILES string of the molecule is O=C1c2c(cccc2S(=O)(=O)O)-c2cccc3cccc1c23. The Bertz CT molecular complexity index is 1060. The molecule has 0 aromatic heterocycles. The average molecular weight is 310 g/mol. The van der Waals surface area contributed by atoms with Crippen LogP contribution >= 0.6 is 0 Å². The second kappa shape index (κ2) is 4.25. The maximum atomic E-state index is 12.8. The molecule has 1 aliphatic carbocycles. The molecule has 4 rings (SSSR count). The van der Waals surface area contributed by atoms with Crippen molar-refractivity contribution in [3.63, 3.8) is 0 Å². The third-order valence-corrected chi connectivity index (χ3v) is 4.87. The highest BCUT2D eigenvalue weighted by atomic mass is 32.2. The molecule has 0 radical (unpaired) electrons. The first kappa shape index (κ1) is 13.2. The third kappa shape index (κ3) is 1.66. The zero-order valence-corrected chi connectivity index (χ0v) is 12.1. The van der Waals surface area contributed by atoms with Crippen LogP contribution in [-0.4, -0.2) is 18.8 Å². The fraction of sp³-hybridized carbons (Fsp3) is 0. The van der Waals surface area contributed by atoms with Crippen molar-refractivity contribution >= 4 is 26.7 Å². The van der Waals surface area contributed by atoms with Gasteiger partial charge in [0.25, 0.3) is 10.1 Å². The van der Waals surface area contributed by atoms with E-state index in [2.05, 4.69) is 0 Å². The standard InChI is InChI=1S/C17H10O4S/c18-17-13-8-2-5-10-4-1-6-11(15(10)13)12-7-3-9-14(16(12)17)22(19,20)21/h1-9H,(H,19,20,21). The van der Waals surface area contributed by atoms with Gasteiger partial charge in [0.2, 0.25) is 0 Å². The van der Waals surface area contributed by atoms with Gasteiger partial charge in [0.15, 0.2) is 5.78 Å². The quantitative estimate of drug-likeness (QED) is 0.548. The van der Waals surface area contributed by atoms with Gasteiger partial charge < -0.3 is 0 Å². The summed E-state index contributed by atoms with van der Waals surface area (Å²) in [5.74, 6) is -0.382. The van der Waals surface area contributed by atoms with Gasteiger partial charge in [-0.25, -0.2) is 0 Å². The maximum Gasteiger partial charge on any atom is 0.295 e. The number of rotatable bonds is 1. The Labute approximate surface area is 126 Å². The molecule has 108 valence electrons. The van der Waals surface area contributed by atoms with Crippen molar-refractivity contribution in [3.05, 3.63) is 65.7 Å². The number of hydrogen-bond donors (Lipinski definition) is 1. The molecule has 0 spiro atoms. The van der Waals surface area contributed by atoms with Gasteiger partial charge in [0.1, 0.15) is 4.90 Å². The van der Waals surface area contributed by atoms with Gasteiger partial charge in [-0.3, -0.25) is 9.35 Å². The molecule has 0 atom stereocenters. The molecule has 0 heterocycles. The summed E-state index contributed by atoms with van der Waals surface area (Å²) in [6.07, 6.45) is 0. The summed E-state index contributed by atoms with van der Waals surface area (Å²) in [5.41, 5.74) is 1.82. The van der Waals surface area contributed by atoms with Crippen LogP contribution in [0, 0.1) is 0 Å². The van der Waals surface area contributed by atoms with E-state index >= 15 is 0 Å². The first-order valence-electron chi connectivity index (χ1n) is 6.66. The van der Waals surface area contributed by atoms with Crippen LogP contribution in [0.2, 0.25) is 0 Å². The van der Waals surface area contributed by atoms with Gasteiger partial charge in [-0.15, -0.1) is 0 Å². The van der Waals surface area contributed by atoms with Crippen molar-refractivity contribution in [2.24, 2.45) is 0 Å². The number of benzene rings is 3.